The third-order valence-corrected chi connectivity index (χ3v) is 5.06. The molecule has 1 atom stereocenters. The van der Waals surface area contributed by atoms with Crippen LogP contribution in [0.2, 0.25) is 0 Å². The van der Waals surface area contributed by atoms with E-state index in [2.05, 4.69) is 15.1 Å². The van der Waals surface area contributed by atoms with Crippen molar-refractivity contribution in [2.24, 2.45) is 0 Å². The Morgan fingerprint density at radius 2 is 1.93 bits per heavy atom. The van der Waals surface area contributed by atoms with Crippen LogP contribution in [0.4, 0.5) is 0 Å². The molecule has 0 saturated carbocycles. The van der Waals surface area contributed by atoms with Gasteiger partial charge in [-0.05, 0) is 36.2 Å². The lowest BCUT2D eigenvalue weighted by Gasteiger charge is -2.16. The number of hydrogen-bond acceptors (Lipinski definition) is 7. The first-order chi connectivity index (χ1) is 14.2. The van der Waals surface area contributed by atoms with Crippen molar-refractivity contribution in [3.05, 3.63) is 54.2 Å². The van der Waals surface area contributed by atoms with Crippen molar-refractivity contribution in [3.8, 4) is 22.9 Å². The Hall–Kier alpha value is -3.42. The maximum atomic E-state index is 12.5. The summed E-state index contributed by atoms with van der Waals surface area (Å²) in [5.74, 6) is 2.40. The van der Waals surface area contributed by atoms with Crippen LogP contribution in [0.25, 0.3) is 11.4 Å². The zero-order chi connectivity index (χ0) is 20.2. The minimum Gasteiger partial charge on any atom is -0.493 e. The van der Waals surface area contributed by atoms with E-state index in [-0.39, 0.29) is 11.8 Å². The highest BCUT2D eigenvalue weighted by molar-refractivity contribution is 5.79. The highest BCUT2D eigenvalue weighted by Crippen LogP contribution is 2.30. The number of amides is 1. The van der Waals surface area contributed by atoms with Crippen LogP contribution in [0.15, 0.2) is 47.2 Å². The molecule has 150 valence electrons. The van der Waals surface area contributed by atoms with Gasteiger partial charge in [-0.25, -0.2) is 0 Å². The van der Waals surface area contributed by atoms with Gasteiger partial charge in [-0.3, -0.25) is 9.78 Å². The monoisotopic (exact) mass is 394 g/mol. The first kappa shape index (κ1) is 18.9. The van der Waals surface area contributed by atoms with Gasteiger partial charge >= 0.3 is 0 Å². The van der Waals surface area contributed by atoms with Crippen molar-refractivity contribution in [1.29, 1.82) is 0 Å². The Labute approximate surface area is 168 Å². The van der Waals surface area contributed by atoms with Gasteiger partial charge in [-0.1, -0.05) is 11.2 Å². The molecule has 1 unspecified atom stereocenters. The van der Waals surface area contributed by atoms with Crippen LogP contribution >= 0.6 is 0 Å². The molecule has 0 N–H and O–H groups in total. The number of ether oxygens (including phenoxy) is 2. The third-order valence-electron chi connectivity index (χ3n) is 5.06. The summed E-state index contributed by atoms with van der Waals surface area (Å²) < 4.78 is 16.0. The Morgan fingerprint density at radius 3 is 2.69 bits per heavy atom. The SMILES string of the molecule is COc1ccc(CCN2CC(c3nc(-c4ccncc4)no3)CC2=O)cc1OC. The van der Waals surface area contributed by atoms with E-state index in [4.69, 9.17) is 14.0 Å². The van der Waals surface area contributed by atoms with Gasteiger partial charge in [0.25, 0.3) is 0 Å². The van der Waals surface area contributed by atoms with Crippen LogP contribution in [-0.4, -0.2) is 53.2 Å². The van der Waals surface area contributed by atoms with Crippen molar-refractivity contribution < 1.29 is 18.8 Å². The molecule has 29 heavy (non-hydrogen) atoms. The smallest absolute Gasteiger partial charge is 0.232 e. The fourth-order valence-corrected chi connectivity index (χ4v) is 3.47. The molecule has 1 aromatic carbocycles. The molecular weight excluding hydrogens is 372 g/mol. The summed E-state index contributed by atoms with van der Waals surface area (Å²) in [5.41, 5.74) is 1.92. The minimum atomic E-state index is -0.0870. The molecule has 0 radical (unpaired) electrons. The quantitative estimate of drug-likeness (QED) is 0.608. The van der Waals surface area contributed by atoms with Gasteiger partial charge in [0.1, 0.15) is 0 Å². The normalized spacial score (nSPS) is 16.3. The van der Waals surface area contributed by atoms with Crippen LogP contribution in [0.3, 0.4) is 0 Å². The molecule has 3 aromatic rings. The van der Waals surface area contributed by atoms with Gasteiger partial charge < -0.3 is 18.9 Å². The van der Waals surface area contributed by atoms with Crippen molar-refractivity contribution in [2.45, 2.75) is 18.8 Å². The summed E-state index contributed by atoms with van der Waals surface area (Å²) >= 11 is 0. The summed E-state index contributed by atoms with van der Waals surface area (Å²) in [6, 6.07) is 9.45. The third kappa shape index (κ3) is 4.06. The molecule has 1 fully saturated rings. The van der Waals surface area contributed by atoms with E-state index in [9.17, 15) is 4.79 Å². The fourth-order valence-electron chi connectivity index (χ4n) is 3.47. The molecule has 0 bridgehead atoms. The van der Waals surface area contributed by atoms with Crippen LogP contribution in [0.5, 0.6) is 11.5 Å². The highest BCUT2D eigenvalue weighted by Gasteiger charge is 2.34. The van der Waals surface area contributed by atoms with Gasteiger partial charge in [-0.2, -0.15) is 4.98 Å². The number of likely N-dealkylation sites (tertiary alicyclic amines) is 1. The van der Waals surface area contributed by atoms with Gasteiger partial charge in [0.15, 0.2) is 11.5 Å². The number of rotatable bonds is 7. The number of hydrogen-bond donors (Lipinski definition) is 0. The summed E-state index contributed by atoms with van der Waals surface area (Å²) in [5, 5.41) is 4.04. The number of nitrogens with zero attached hydrogens (tertiary/aromatic N) is 4. The predicted octanol–water partition coefficient (Wildman–Crippen LogP) is 2.71. The Bertz CT molecular complexity index is 989. The minimum absolute atomic E-state index is 0.0870. The summed E-state index contributed by atoms with van der Waals surface area (Å²) in [6.07, 6.45) is 4.47. The Morgan fingerprint density at radius 1 is 1.14 bits per heavy atom. The van der Waals surface area contributed by atoms with E-state index in [0.717, 1.165) is 17.5 Å². The molecule has 8 nitrogen and oxygen atoms in total. The predicted molar refractivity (Wildman–Crippen MR) is 105 cm³/mol. The largest absolute Gasteiger partial charge is 0.493 e. The van der Waals surface area contributed by atoms with E-state index < -0.39 is 0 Å². The van der Waals surface area contributed by atoms with Crippen LogP contribution in [0, 0.1) is 0 Å². The lowest BCUT2D eigenvalue weighted by Crippen LogP contribution is -2.27. The number of pyridine rings is 1. The van der Waals surface area contributed by atoms with Gasteiger partial charge in [0.05, 0.1) is 20.1 Å². The molecule has 3 heterocycles. The lowest BCUT2D eigenvalue weighted by molar-refractivity contribution is -0.127. The number of aromatic nitrogens is 3. The van der Waals surface area contributed by atoms with Crippen molar-refractivity contribution in [2.75, 3.05) is 27.3 Å². The maximum Gasteiger partial charge on any atom is 0.232 e. The molecule has 1 aliphatic heterocycles. The first-order valence-electron chi connectivity index (χ1n) is 9.40. The Balaban J connectivity index is 1.39. The van der Waals surface area contributed by atoms with Gasteiger partial charge in [-0.15, -0.1) is 0 Å². The van der Waals surface area contributed by atoms with Crippen LogP contribution < -0.4 is 9.47 Å². The number of benzene rings is 1. The average molecular weight is 394 g/mol. The van der Waals surface area contributed by atoms with Gasteiger partial charge in [0, 0.05) is 37.5 Å². The molecule has 0 spiro atoms. The summed E-state index contributed by atoms with van der Waals surface area (Å²) in [6.45, 7) is 1.19. The topological polar surface area (TPSA) is 90.6 Å². The van der Waals surface area contributed by atoms with Crippen molar-refractivity contribution in [1.82, 2.24) is 20.0 Å². The van der Waals surface area contributed by atoms with Gasteiger partial charge in [0.2, 0.25) is 17.6 Å². The second kappa shape index (κ2) is 8.30. The van der Waals surface area contributed by atoms with E-state index in [0.29, 0.717) is 42.7 Å². The van der Waals surface area contributed by atoms with Crippen molar-refractivity contribution >= 4 is 5.91 Å². The fraction of sp³-hybridized carbons (Fsp3) is 0.333. The zero-order valence-corrected chi connectivity index (χ0v) is 16.4. The zero-order valence-electron chi connectivity index (χ0n) is 16.4. The lowest BCUT2D eigenvalue weighted by atomic mass is 10.1. The van der Waals surface area contributed by atoms with Crippen molar-refractivity contribution in [3.63, 3.8) is 0 Å². The van der Waals surface area contributed by atoms with Crippen LogP contribution in [-0.2, 0) is 11.2 Å². The average Bonchev–Trinajstić information content (AvgIpc) is 3.39. The molecular formula is C21H22N4O4. The van der Waals surface area contributed by atoms with E-state index in [1.54, 1.807) is 26.6 Å². The van der Waals surface area contributed by atoms with E-state index >= 15 is 0 Å². The molecule has 1 saturated heterocycles. The highest BCUT2D eigenvalue weighted by atomic mass is 16.5. The first-order valence-corrected chi connectivity index (χ1v) is 9.40. The Kier molecular flexibility index (Phi) is 5.41. The molecule has 1 amide bonds. The number of methoxy groups -OCH3 is 2. The summed E-state index contributed by atoms with van der Waals surface area (Å²) in [7, 11) is 3.22. The summed E-state index contributed by atoms with van der Waals surface area (Å²) in [4.78, 5) is 22.8. The maximum absolute atomic E-state index is 12.5. The molecule has 1 aliphatic rings. The number of carbonyl (C=O) groups is 1. The molecule has 0 aliphatic carbocycles. The number of carbonyl (C=O) groups excluding carboxylic acids is 1. The standard InChI is InChI=1S/C21H22N4O4/c1-27-17-4-3-14(11-18(17)28-2)7-10-25-13-16(12-19(25)26)21-23-20(24-29-21)15-5-8-22-9-6-15/h3-6,8-9,11,16H,7,10,12-13H2,1-2H3. The van der Waals surface area contributed by atoms with Crippen LogP contribution in [0.1, 0.15) is 23.8 Å². The van der Waals surface area contributed by atoms with E-state index in [1.165, 1.54) is 0 Å². The molecule has 8 heteroatoms. The van der Waals surface area contributed by atoms with E-state index in [1.807, 2.05) is 35.2 Å². The second-order valence-corrected chi connectivity index (χ2v) is 6.87. The molecule has 4 rings (SSSR count). The second-order valence-electron chi connectivity index (χ2n) is 6.87. The molecule has 2 aromatic heterocycles.